The Balaban J connectivity index is 3.49. The maximum Gasteiger partial charge on any atom is 0.419 e. The van der Waals surface area contributed by atoms with Crippen LogP contribution >= 0.6 is 0 Å². The topological polar surface area (TPSA) is 78.4 Å². The van der Waals surface area contributed by atoms with Crippen LogP contribution in [0.1, 0.15) is 11.1 Å². The van der Waals surface area contributed by atoms with Crippen molar-refractivity contribution < 1.29 is 22.8 Å². The smallest absolute Gasteiger partial charge is 0.419 e. The number of nitrogens with zero attached hydrogens (tertiary/aromatic N) is 1. The molecular formula is C9H9F3N2O3. The summed E-state index contributed by atoms with van der Waals surface area (Å²) in [7, 11) is 1.01. The first-order valence-electron chi connectivity index (χ1n) is 4.43. The fourth-order valence-electron chi connectivity index (χ4n) is 1.34. The zero-order chi connectivity index (χ0) is 13.2. The van der Waals surface area contributed by atoms with Gasteiger partial charge in [0.25, 0.3) is 5.69 Å². The highest BCUT2D eigenvalue weighted by Gasteiger charge is 2.36. The Hall–Kier alpha value is -1.83. The van der Waals surface area contributed by atoms with E-state index in [4.69, 9.17) is 5.73 Å². The van der Waals surface area contributed by atoms with E-state index >= 15 is 0 Å². The van der Waals surface area contributed by atoms with E-state index in [1.54, 1.807) is 0 Å². The summed E-state index contributed by atoms with van der Waals surface area (Å²) in [5.41, 5.74) is 3.42. The normalized spacial score (nSPS) is 11.4. The van der Waals surface area contributed by atoms with Gasteiger partial charge in [0.15, 0.2) is 0 Å². The van der Waals surface area contributed by atoms with Crippen LogP contribution in [0.15, 0.2) is 12.1 Å². The Labute approximate surface area is 94.1 Å². The van der Waals surface area contributed by atoms with Gasteiger partial charge in [-0.2, -0.15) is 13.2 Å². The largest absolute Gasteiger partial charge is 0.496 e. The SMILES string of the molecule is COc1cc([N+](=O)[O-])c(CN)cc1C(F)(F)F. The summed E-state index contributed by atoms with van der Waals surface area (Å²) in [5, 5.41) is 10.6. The van der Waals surface area contributed by atoms with Gasteiger partial charge in [-0.05, 0) is 6.07 Å². The van der Waals surface area contributed by atoms with Crippen LogP contribution in [0.2, 0.25) is 0 Å². The van der Waals surface area contributed by atoms with E-state index in [-0.39, 0.29) is 12.1 Å². The molecule has 1 aromatic rings. The molecule has 0 fully saturated rings. The number of nitro benzene ring substituents is 1. The molecule has 1 rings (SSSR count). The first kappa shape index (κ1) is 13.2. The summed E-state index contributed by atoms with van der Waals surface area (Å²) in [6.45, 7) is -0.358. The third kappa shape index (κ3) is 2.64. The number of hydrogen-bond donors (Lipinski definition) is 1. The number of benzene rings is 1. The molecule has 1 aromatic carbocycles. The highest BCUT2D eigenvalue weighted by Crippen LogP contribution is 2.39. The molecule has 0 aliphatic rings. The predicted octanol–water partition coefficient (Wildman–Crippen LogP) is 2.08. The molecule has 0 amide bonds. The van der Waals surface area contributed by atoms with Gasteiger partial charge in [-0.15, -0.1) is 0 Å². The monoisotopic (exact) mass is 250 g/mol. The van der Waals surface area contributed by atoms with Crippen molar-refractivity contribution in [1.82, 2.24) is 0 Å². The molecule has 94 valence electrons. The van der Waals surface area contributed by atoms with Crippen LogP contribution < -0.4 is 10.5 Å². The molecule has 0 spiro atoms. The molecule has 0 aliphatic heterocycles. The maximum atomic E-state index is 12.6. The average Bonchev–Trinajstić information content (AvgIpc) is 2.25. The molecule has 2 N–H and O–H groups in total. The average molecular weight is 250 g/mol. The highest BCUT2D eigenvalue weighted by molar-refractivity contribution is 5.51. The van der Waals surface area contributed by atoms with Gasteiger partial charge >= 0.3 is 6.18 Å². The van der Waals surface area contributed by atoms with Crippen molar-refractivity contribution in [2.45, 2.75) is 12.7 Å². The fraction of sp³-hybridized carbons (Fsp3) is 0.333. The molecule has 0 saturated carbocycles. The van der Waals surface area contributed by atoms with Crippen molar-refractivity contribution in [2.75, 3.05) is 7.11 Å². The van der Waals surface area contributed by atoms with Crippen LogP contribution in [0, 0.1) is 10.1 Å². The van der Waals surface area contributed by atoms with Crippen molar-refractivity contribution in [1.29, 1.82) is 0 Å². The van der Waals surface area contributed by atoms with Crippen LogP contribution in [0.4, 0.5) is 18.9 Å². The summed E-state index contributed by atoms with van der Waals surface area (Å²) in [4.78, 5) is 9.82. The molecule has 0 aliphatic carbocycles. The first-order valence-corrected chi connectivity index (χ1v) is 4.43. The van der Waals surface area contributed by atoms with Gasteiger partial charge < -0.3 is 10.5 Å². The third-order valence-corrected chi connectivity index (χ3v) is 2.12. The number of nitrogens with two attached hydrogens (primary N) is 1. The molecule has 0 bridgehead atoms. The van der Waals surface area contributed by atoms with E-state index in [0.717, 1.165) is 13.2 Å². The van der Waals surface area contributed by atoms with E-state index in [0.29, 0.717) is 6.07 Å². The standard InChI is InChI=1S/C9H9F3N2O3/c1-17-8-3-7(14(15)16)5(4-13)2-6(8)9(10,11)12/h2-3H,4,13H2,1H3. The number of ether oxygens (including phenoxy) is 1. The lowest BCUT2D eigenvalue weighted by Crippen LogP contribution is -2.11. The number of alkyl halides is 3. The second-order valence-corrected chi connectivity index (χ2v) is 3.14. The van der Waals surface area contributed by atoms with E-state index in [9.17, 15) is 23.3 Å². The quantitative estimate of drug-likeness (QED) is 0.658. The second kappa shape index (κ2) is 4.58. The molecular weight excluding hydrogens is 241 g/mol. The molecule has 0 atom stereocenters. The Morgan fingerprint density at radius 2 is 2.06 bits per heavy atom. The van der Waals surface area contributed by atoms with E-state index < -0.39 is 28.1 Å². The Kier molecular flexibility index (Phi) is 3.56. The summed E-state index contributed by atoms with van der Waals surface area (Å²) >= 11 is 0. The van der Waals surface area contributed by atoms with Gasteiger partial charge in [0, 0.05) is 12.1 Å². The number of methoxy groups -OCH3 is 1. The van der Waals surface area contributed by atoms with Crippen LogP contribution in [0.25, 0.3) is 0 Å². The van der Waals surface area contributed by atoms with Crippen molar-refractivity contribution in [3.63, 3.8) is 0 Å². The van der Waals surface area contributed by atoms with Crippen LogP contribution in [-0.2, 0) is 12.7 Å². The summed E-state index contributed by atoms with van der Waals surface area (Å²) in [5.74, 6) is -0.596. The molecule has 0 saturated heterocycles. The minimum absolute atomic E-state index is 0.192. The molecule has 0 aromatic heterocycles. The van der Waals surface area contributed by atoms with Crippen LogP contribution in [-0.4, -0.2) is 12.0 Å². The van der Waals surface area contributed by atoms with Gasteiger partial charge in [-0.3, -0.25) is 10.1 Å². The maximum absolute atomic E-state index is 12.6. The lowest BCUT2D eigenvalue weighted by atomic mass is 10.1. The van der Waals surface area contributed by atoms with Gasteiger partial charge in [0.2, 0.25) is 0 Å². The lowest BCUT2D eigenvalue weighted by Gasteiger charge is -2.13. The van der Waals surface area contributed by atoms with Crippen LogP contribution in [0.5, 0.6) is 5.75 Å². The highest BCUT2D eigenvalue weighted by atomic mass is 19.4. The third-order valence-electron chi connectivity index (χ3n) is 2.12. The zero-order valence-corrected chi connectivity index (χ0v) is 8.75. The van der Waals surface area contributed by atoms with E-state index in [2.05, 4.69) is 4.74 Å². The minimum Gasteiger partial charge on any atom is -0.496 e. The van der Waals surface area contributed by atoms with Crippen molar-refractivity contribution >= 4 is 5.69 Å². The molecule has 8 heteroatoms. The van der Waals surface area contributed by atoms with Gasteiger partial charge in [-0.25, -0.2) is 0 Å². The van der Waals surface area contributed by atoms with Gasteiger partial charge in [0.05, 0.1) is 23.7 Å². The summed E-state index contributed by atoms with van der Waals surface area (Å²) < 4.78 is 42.3. The number of rotatable bonds is 3. The zero-order valence-electron chi connectivity index (χ0n) is 8.75. The number of halogens is 3. The Bertz CT molecular complexity index is 446. The van der Waals surface area contributed by atoms with Crippen molar-refractivity contribution in [3.05, 3.63) is 33.4 Å². The molecule has 17 heavy (non-hydrogen) atoms. The Morgan fingerprint density at radius 1 is 1.47 bits per heavy atom. The molecule has 5 nitrogen and oxygen atoms in total. The summed E-state index contributed by atoms with van der Waals surface area (Å²) in [6, 6.07) is 1.36. The predicted molar refractivity (Wildman–Crippen MR) is 52.5 cm³/mol. The van der Waals surface area contributed by atoms with Crippen molar-refractivity contribution in [2.24, 2.45) is 5.73 Å². The molecule has 0 heterocycles. The van der Waals surface area contributed by atoms with E-state index in [1.165, 1.54) is 0 Å². The summed E-state index contributed by atoms with van der Waals surface area (Å²) in [6.07, 6.45) is -4.65. The fourth-order valence-corrected chi connectivity index (χ4v) is 1.34. The molecule has 0 radical (unpaired) electrons. The minimum atomic E-state index is -4.65. The second-order valence-electron chi connectivity index (χ2n) is 3.14. The van der Waals surface area contributed by atoms with Crippen molar-refractivity contribution in [3.8, 4) is 5.75 Å². The van der Waals surface area contributed by atoms with Gasteiger partial charge in [-0.1, -0.05) is 0 Å². The van der Waals surface area contributed by atoms with Gasteiger partial charge in [0.1, 0.15) is 5.75 Å². The number of nitro groups is 1. The number of hydrogen-bond acceptors (Lipinski definition) is 4. The van der Waals surface area contributed by atoms with E-state index in [1.807, 2.05) is 0 Å². The molecule has 0 unspecified atom stereocenters. The van der Waals surface area contributed by atoms with Crippen LogP contribution in [0.3, 0.4) is 0 Å². The first-order chi connectivity index (χ1) is 7.81. The lowest BCUT2D eigenvalue weighted by molar-refractivity contribution is -0.385. The Morgan fingerprint density at radius 3 is 2.41 bits per heavy atom.